The maximum Gasteiger partial charge on any atom is 0.186 e. The molecule has 2 aliphatic heterocycles. The predicted molar refractivity (Wildman–Crippen MR) is 88.1 cm³/mol. The number of hydrogen-bond donors (Lipinski definition) is 8. The first-order chi connectivity index (χ1) is 12.2. The van der Waals surface area contributed by atoms with E-state index in [-0.39, 0.29) is 155 Å². The van der Waals surface area contributed by atoms with Crippen molar-refractivity contribution in [1.82, 2.24) is 0 Å². The summed E-state index contributed by atoms with van der Waals surface area (Å²) < 4.78 is 14.8. The average Bonchev–Trinajstić information content (AvgIpc) is 2.65. The van der Waals surface area contributed by atoms with Crippen LogP contribution >= 0.6 is 11.8 Å². The van der Waals surface area contributed by atoms with Gasteiger partial charge in [0.25, 0.3) is 0 Å². The van der Waals surface area contributed by atoms with E-state index < -0.39 is 67.2 Å². The first-order valence-corrected chi connectivity index (χ1v) is 9.18. The van der Waals surface area contributed by atoms with Gasteiger partial charge in [0, 0.05) is 156 Å². The Balaban J connectivity index is -0.0000000537. The minimum Gasteiger partial charge on any atom is -0.394 e. The minimum atomic E-state index is -1.36. The molecule has 10 atom stereocenters. The third kappa shape index (κ3) is 16.8. The first kappa shape index (κ1) is 58.3. The van der Waals surface area contributed by atoms with E-state index in [1.54, 1.807) is 6.26 Å². The van der Waals surface area contributed by atoms with Gasteiger partial charge in [-0.1, -0.05) is 0 Å². The fourth-order valence-electron chi connectivity index (χ4n) is 2.52. The van der Waals surface area contributed by atoms with Gasteiger partial charge in [0.15, 0.2) is 6.29 Å². The van der Waals surface area contributed by atoms with Gasteiger partial charge in [0.2, 0.25) is 0 Å². The molecular weight excluding hydrogens is 784 g/mol. The molecule has 0 bridgehead atoms. The molecule has 196 valence electrons. The van der Waals surface area contributed by atoms with Crippen LogP contribution in [0.15, 0.2) is 0 Å². The molecule has 0 saturated carbocycles. The summed E-state index contributed by atoms with van der Waals surface area (Å²) in [5.74, 6) is 0. The van der Waals surface area contributed by atoms with Gasteiger partial charge in [-0.05, 0) is 6.26 Å². The number of aliphatic hydroxyl groups is 8. The third-order valence-corrected chi connectivity index (χ3v) is 5.02. The molecule has 0 amide bonds. The first-order valence-electron chi connectivity index (χ1n) is 7.90. The summed E-state index contributed by atoms with van der Waals surface area (Å²) in [5, 5.41) is 73.4. The van der Waals surface area contributed by atoms with Crippen molar-refractivity contribution in [3.8, 4) is 0 Å². The van der Waals surface area contributed by atoms with E-state index in [0.29, 0.717) is 0 Å². The Bertz CT molecular complexity index is 354. The number of methoxy groups -OCH3 is 1. The molecule has 0 aliphatic carbocycles. The summed E-state index contributed by atoms with van der Waals surface area (Å²) in [6, 6.07) is 0. The van der Waals surface area contributed by atoms with Crippen LogP contribution in [0, 0.1) is 0 Å². The van der Waals surface area contributed by atoms with Gasteiger partial charge < -0.3 is 55.1 Å². The molecule has 10 unspecified atom stereocenters. The van der Waals surface area contributed by atoms with Crippen LogP contribution in [-0.2, 0) is 163 Å². The molecule has 0 aromatic heterocycles. The van der Waals surface area contributed by atoms with Crippen LogP contribution in [0.5, 0.6) is 0 Å². The van der Waals surface area contributed by atoms with E-state index in [4.69, 9.17) is 24.4 Å². The number of aliphatic hydroxyl groups excluding tert-OH is 8. The quantitative estimate of drug-likeness (QED) is 0.136. The molecule has 2 aliphatic rings. The van der Waals surface area contributed by atoms with Gasteiger partial charge >= 0.3 is 0 Å². The number of ether oxygens (including phenoxy) is 3. The van der Waals surface area contributed by atoms with E-state index in [0.717, 1.165) is 0 Å². The van der Waals surface area contributed by atoms with Crippen molar-refractivity contribution < 1.29 is 204 Å². The molecule has 8 N–H and O–H groups in total. The number of thioether (sulfide) groups is 1. The van der Waals surface area contributed by atoms with Gasteiger partial charge in [-0.25, -0.2) is 0 Å². The van der Waals surface area contributed by atoms with Crippen LogP contribution in [0.25, 0.3) is 0 Å². The summed E-state index contributed by atoms with van der Waals surface area (Å²) in [7, 11) is 1.30. The van der Waals surface area contributed by atoms with Gasteiger partial charge in [0.1, 0.15) is 54.3 Å². The Morgan fingerprint density at radius 2 is 0.941 bits per heavy atom. The summed E-state index contributed by atoms with van der Waals surface area (Å²) in [4.78, 5) is 0. The van der Waals surface area contributed by atoms with Crippen molar-refractivity contribution >= 4 is 11.8 Å². The zero-order valence-corrected chi connectivity index (χ0v) is 30.0. The van der Waals surface area contributed by atoms with Crippen LogP contribution in [-0.4, -0.2) is 128 Å². The van der Waals surface area contributed by atoms with Crippen molar-refractivity contribution in [2.24, 2.45) is 0 Å². The predicted octanol–water partition coefficient (Wildman–Crippen LogP) is -4.44. The number of rotatable bonds is 4. The van der Waals surface area contributed by atoms with E-state index in [1.165, 1.54) is 18.9 Å². The van der Waals surface area contributed by atoms with Crippen LogP contribution < -0.4 is 0 Å². The molecule has 20 heteroatoms. The zero-order chi connectivity index (χ0) is 20.0. The molecule has 2 heterocycles. The molecule has 2 saturated heterocycles. The van der Waals surface area contributed by atoms with Gasteiger partial charge in [0.05, 0.1) is 13.2 Å². The average molecular weight is 812 g/mol. The second-order valence-electron chi connectivity index (χ2n) is 5.87. The summed E-state index contributed by atoms with van der Waals surface area (Å²) in [6.07, 6.45) is -8.63. The molecule has 0 aromatic rings. The topological polar surface area (TPSA) is 190 Å². The maximum absolute atomic E-state index is 9.38. The van der Waals surface area contributed by atoms with Crippen molar-refractivity contribution in [1.29, 1.82) is 0 Å². The molecule has 0 aromatic carbocycles. The Hall–Kier alpha value is 4.59. The van der Waals surface area contributed by atoms with Crippen LogP contribution in [0.3, 0.4) is 0 Å². The third-order valence-electron chi connectivity index (χ3n) is 4.16. The van der Waals surface area contributed by atoms with Gasteiger partial charge in [-0.15, -0.1) is 11.8 Å². The minimum absolute atomic E-state index is 0. The Kier molecular flexibility index (Phi) is 52.3. The Labute approximate surface area is 298 Å². The molecule has 34 heavy (non-hydrogen) atoms. The van der Waals surface area contributed by atoms with E-state index in [9.17, 15) is 30.6 Å². The zero-order valence-electron chi connectivity index (χ0n) is 18.0. The number of hydrogen-bond acceptors (Lipinski definition) is 12. The SMILES string of the molecule is COC1OC(CO)C(O)C(O)C1O.CSC1OC(CO)C(O)C(O)C1O.[V].[V].[V].[V].[V].[V].[V].[V]. The summed E-state index contributed by atoms with van der Waals surface area (Å²) >= 11 is 1.22. The monoisotopic (exact) mass is 812 g/mol. The molecule has 2 fully saturated rings. The van der Waals surface area contributed by atoms with Crippen LogP contribution in [0.4, 0.5) is 0 Å². The van der Waals surface area contributed by atoms with Crippen molar-refractivity contribution in [3.05, 3.63) is 0 Å². The standard InChI is InChI=1S/C7H14O6.C7H14O5S.8V/c1-12-7-6(11)5(10)4(9)3(2-8)13-7;1-13-7-6(11)5(10)4(9)3(2-8)12-7;;;;;;;;/h2*3-11H,2H2,1H3;;;;;;;;. The molecular formula is C14H28O11SV8. The summed E-state index contributed by atoms with van der Waals surface area (Å²) in [5.41, 5.74) is -0.601. The Morgan fingerprint density at radius 3 is 1.26 bits per heavy atom. The molecule has 11 nitrogen and oxygen atoms in total. The van der Waals surface area contributed by atoms with E-state index >= 15 is 0 Å². The second kappa shape index (κ2) is 30.5. The molecule has 0 spiro atoms. The fraction of sp³-hybridized carbons (Fsp3) is 1.00. The van der Waals surface area contributed by atoms with Gasteiger partial charge in [-0.3, -0.25) is 0 Å². The van der Waals surface area contributed by atoms with Crippen molar-refractivity contribution in [3.63, 3.8) is 0 Å². The fourth-order valence-corrected chi connectivity index (χ4v) is 3.22. The second-order valence-corrected chi connectivity index (χ2v) is 6.80. The van der Waals surface area contributed by atoms with Crippen molar-refractivity contribution in [2.75, 3.05) is 26.6 Å². The summed E-state index contributed by atoms with van der Waals surface area (Å²) in [6.45, 7) is -0.813. The van der Waals surface area contributed by atoms with Crippen LogP contribution in [0.2, 0.25) is 0 Å². The maximum atomic E-state index is 9.38. The molecule has 8 radical (unpaired) electrons. The largest absolute Gasteiger partial charge is 0.394 e. The van der Waals surface area contributed by atoms with Crippen LogP contribution in [0.1, 0.15) is 0 Å². The Morgan fingerprint density at radius 1 is 0.588 bits per heavy atom. The molecule has 2 rings (SSSR count). The van der Waals surface area contributed by atoms with E-state index in [2.05, 4.69) is 0 Å². The van der Waals surface area contributed by atoms with E-state index in [1.807, 2.05) is 0 Å². The van der Waals surface area contributed by atoms with Crippen molar-refractivity contribution in [2.45, 2.75) is 60.6 Å². The van der Waals surface area contributed by atoms with Gasteiger partial charge in [-0.2, -0.15) is 0 Å². The normalized spacial score (nSPS) is 35.5. The smallest absolute Gasteiger partial charge is 0.186 e.